The molecule has 1 rings (SSSR count). The zero-order chi connectivity index (χ0) is 22.4. The van der Waals surface area contributed by atoms with Crippen LogP contribution in [0.4, 0.5) is 0 Å². The summed E-state index contributed by atoms with van der Waals surface area (Å²) in [6.07, 6.45) is 8.64. The van der Waals surface area contributed by atoms with Gasteiger partial charge in [0.25, 0.3) is 0 Å². The smallest absolute Gasteiger partial charge is 0.339 e. The second-order valence-corrected chi connectivity index (χ2v) is 8.28. The molecule has 0 aliphatic carbocycles. The minimum absolute atomic E-state index is 0.293. The molecule has 30 heavy (non-hydrogen) atoms. The number of esters is 2. The summed E-state index contributed by atoms with van der Waals surface area (Å²) in [5, 5.41) is 0. The summed E-state index contributed by atoms with van der Waals surface area (Å²) < 4.78 is 11.2. The third-order valence-electron chi connectivity index (χ3n) is 6.16. The molecular formula is C26H42O4. The molecule has 3 atom stereocenters. The van der Waals surface area contributed by atoms with Gasteiger partial charge in [-0.1, -0.05) is 85.3 Å². The van der Waals surface area contributed by atoms with Crippen molar-refractivity contribution >= 4 is 11.9 Å². The van der Waals surface area contributed by atoms with E-state index in [1.165, 1.54) is 0 Å². The second kappa shape index (κ2) is 15.0. The lowest BCUT2D eigenvalue weighted by atomic mass is 9.85. The van der Waals surface area contributed by atoms with E-state index < -0.39 is 11.9 Å². The number of benzene rings is 1. The molecule has 3 unspecified atom stereocenters. The summed E-state index contributed by atoms with van der Waals surface area (Å²) in [7, 11) is 0. The Bertz CT molecular complexity index is 625. The molecule has 0 spiro atoms. The van der Waals surface area contributed by atoms with Gasteiger partial charge in [0.15, 0.2) is 0 Å². The van der Waals surface area contributed by atoms with Crippen molar-refractivity contribution in [2.45, 2.75) is 86.0 Å². The van der Waals surface area contributed by atoms with Crippen LogP contribution in [0.25, 0.3) is 0 Å². The van der Waals surface area contributed by atoms with Crippen LogP contribution in [0.2, 0.25) is 0 Å². The fraction of sp³-hybridized carbons (Fsp3) is 0.692. The summed E-state index contributed by atoms with van der Waals surface area (Å²) in [6, 6.07) is 6.81. The molecule has 0 aliphatic heterocycles. The molecule has 0 aliphatic rings. The van der Waals surface area contributed by atoms with Gasteiger partial charge >= 0.3 is 11.9 Å². The van der Waals surface area contributed by atoms with Crippen LogP contribution in [0.1, 0.15) is 107 Å². The molecule has 4 heteroatoms. The molecule has 1 aromatic carbocycles. The minimum atomic E-state index is -0.443. The van der Waals surface area contributed by atoms with E-state index >= 15 is 0 Å². The summed E-state index contributed by atoms with van der Waals surface area (Å²) in [5.74, 6) is 0.388. The first-order valence-electron chi connectivity index (χ1n) is 11.9. The molecule has 0 radical (unpaired) electrons. The van der Waals surface area contributed by atoms with Gasteiger partial charge in [-0.2, -0.15) is 0 Å². The molecule has 170 valence electrons. The maximum absolute atomic E-state index is 12.8. The van der Waals surface area contributed by atoms with Gasteiger partial charge < -0.3 is 9.47 Å². The van der Waals surface area contributed by atoms with Crippen molar-refractivity contribution in [3.63, 3.8) is 0 Å². The summed E-state index contributed by atoms with van der Waals surface area (Å²) in [6.45, 7) is 11.6. The van der Waals surface area contributed by atoms with Gasteiger partial charge in [-0.25, -0.2) is 9.59 Å². The zero-order valence-corrected chi connectivity index (χ0v) is 19.7. The fourth-order valence-corrected chi connectivity index (χ4v) is 4.00. The molecule has 0 bridgehead atoms. The van der Waals surface area contributed by atoms with Crippen LogP contribution in [-0.2, 0) is 9.47 Å². The SMILES string of the molecule is CCCCC(CC)COC(=O)c1ccccc1C(=O)OCC(CC)C(CC)CCC. The van der Waals surface area contributed by atoms with Crippen LogP contribution < -0.4 is 0 Å². The van der Waals surface area contributed by atoms with Crippen molar-refractivity contribution in [1.82, 2.24) is 0 Å². The molecule has 0 fully saturated rings. The molecule has 4 nitrogen and oxygen atoms in total. The normalized spacial score (nSPS) is 14.0. The Morgan fingerprint density at radius 2 is 1.30 bits per heavy atom. The lowest BCUT2D eigenvalue weighted by molar-refractivity contribution is 0.0349. The number of rotatable bonds is 15. The maximum atomic E-state index is 12.8. The molecule has 0 saturated heterocycles. The second-order valence-electron chi connectivity index (χ2n) is 8.28. The van der Waals surface area contributed by atoms with Gasteiger partial charge in [-0.05, 0) is 42.7 Å². The van der Waals surface area contributed by atoms with Crippen LogP contribution in [0, 0.1) is 17.8 Å². The fourth-order valence-electron chi connectivity index (χ4n) is 4.00. The number of carbonyl (C=O) groups is 2. The summed E-state index contributed by atoms with van der Waals surface area (Å²) in [5.41, 5.74) is 0.587. The largest absolute Gasteiger partial charge is 0.462 e. The van der Waals surface area contributed by atoms with Crippen LogP contribution in [0.5, 0.6) is 0 Å². The average Bonchev–Trinajstić information content (AvgIpc) is 2.78. The van der Waals surface area contributed by atoms with Crippen molar-refractivity contribution in [2.75, 3.05) is 13.2 Å². The van der Waals surface area contributed by atoms with E-state index in [2.05, 4.69) is 34.6 Å². The molecule has 0 amide bonds. The third-order valence-corrected chi connectivity index (χ3v) is 6.16. The van der Waals surface area contributed by atoms with Crippen LogP contribution >= 0.6 is 0 Å². The quantitative estimate of drug-likeness (QED) is 0.286. The number of hydrogen-bond acceptors (Lipinski definition) is 4. The first kappa shape index (κ1) is 26.2. The van der Waals surface area contributed by atoms with E-state index in [1.807, 2.05) is 0 Å². The van der Waals surface area contributed by atoms with E-state index in [0.29, 0.717) is 42.1 Å². The van der Waals surface area contributed by atoms with E-state index in [-0.39, 0.29) is 0 Å². The van der Waals surface area contributed by atoms with Crippen molar-refractivity contribution in [1.29, 1.82) is 0 Å². The third kappa shape index (κ3) is 8.49. The van der Waals surface area contributed by atoms with Gasteiger partial charge in [0.2, 0.25) is 0 Å². The Balaban J connectivity index is 2.76. The van der Waals surface area contributed by atoms with E-state index in [4.69, 9.17) is 9.47 Å². The van der Waals surface area contributed by atoms with E-state index in [0.717, 1.165) is 51.4 Å². The molecule has 0 heterocycles. The average molecular weight is 419 g/mol. The van der Waals surface area contributed by atoms with E-state index in [9.17, 15) is 9.59 Å². The summed E-state index contributed by atoms with van der Waals surface area (Å²) in [4.78, 5) is 25.4. The highest BCUT2D eigenvalue weighted by molar-refractivity contribution is 6.03. The van der Waals surface area contributed by atoms with Gasteiger partial charge in [0.1, 0.15) is 0 Å². The predicted octanol–water partition coefficient (Wildman–Crippen LogP) is 7.07. The lowest BCUT2D eigenvalue weighted by Crippen LogP contribution is -2.23. The number of carbonyl (C=O) groups excluding carboxylic acids is 2. The highest BCUT2D eigenvalue weighted by Gasteiger charge is 2.23. The Morgan fingerprint density at radius 1 is 0.733 bits per heavy atom. The topological polar surface area (TPSA) is 52.6 Å². The predicted molar refractivity (Wildman–Crippen MR) is 123 cm³/mol. The van der Waals surface area contributed by atoms with Gasteiger partial charge in [0, 0.05) is 0 Å². The molecular weight excluding hydrogens is 376 g/mol. The van der Waals surface area contributed by atoms with Crippen LogP contribution in [0.3, 0.4) is 0 Å². The first-order valence-corrected chi connectivity index (χ1v) is 11.9. The van der Waals surface area contributed by atoms with E-state index in [1.54, 1.807) is 24.3 Å². The zero-order valence-electron chi connectivity index (χ0n) is 19.7. The Kier molecular flexibility index (Phi) is 13.1. The number of hydrogen-bond donors (Lipinski definition) is 0. The molecule has 0 aromatic heterocycles. The van der Waals surface area contributed by atoms with Crippen molar-refractivity contribution in [3.05, 3.63) is 35.4 Å². The molecule has 1 aromatic rings. The summed E-state index contributed by atoms with van der Waals surface area (Å²) >= 11 is 0. The van der Waals surface area contributed by atoms with Gasteiger partial charge in [0.05, 0.1) is 24.3 Å². The Labute approximate surface area is 183 Å². The molecule has 0 saturated carbocycles. The van der Waals surface area contributed by atoms with Crippen LogP contribution in [-0.4, -0.2) is 25.2 Å². The lowest BCUT2D eigenvalue weighted by Gasteiger charge is -2.24. The monoisotopic (exact) mass is 418 g/mol. The van der Waals surface area contributed by atoms with Crippen molar-refractivity contribution in [3.8, 4) is 0 Å². The number of ether oxygens (including phenoxy) is 2. The Hall–Kier alpha value is -1.84. The first-order chi connectivity index (χ1) is 14.5. The Morgan fingerprint density at radius 3 is 1.77 bits per heavy atom. The van der Waals surface area contributed by atoms with Gasteiger partial charge in [-0.15, -0.1) is 0 Å². The maximum Gasteiger partial charge on any atom is 0.339 e. The highest BCUT2D eigenvalue weighted by Crippen LogP contribution is 2.25. The molecule has 0 N–H and O–H groups in total. The van der Waals surface area contributed by atoms with Crippen LogP contribution in [0.15, 0.2) is 24.3 Å². The van der Waals surface area contributed by atoms with Gasteiger partial charge in [-0.3, -0.25) is 0 Å². The van der Waals surface area contributed by atoms with Crippen molar-refractivity contribution < 1.29 is 19.1 Å². The standard InChI is InChI=1S/C26H42O4/c1-6-11-15-20(8-3)18-29-25(27)23-16-12-13-17-24(23)26(28)30-19-22(10-5)21(9-4)14-7-2/h12-13,16-17,20-22H,6-11,14-15,18-19H2,1-5H3. The minimum Gasteiger partial charge on any atom is -0.462 e. The highest BCUT2D eigenvalue weighted by atomic mass is 16.5. The number of unbranched alkanes of at least 4 members (excludes halogenated alkanes) is 1. The van der Waals surface area contributed by atoms with Crippen molar-refractivity contribution in [2.24, 2.45) is 17.8 Å².